The normalized spacial score (nSPS) is 16.3. The van der Waals surface area contributed by atoms with Crippen LogP contribution in [-0.4, -0.2) is 41.0 Å². The molecule has 0 bridgehead atoms. The first-order valence-electron chi connectivity index (χ1n) is 12.4. The van der Waals surface area contributed by atoms with Gasteiger partial charge in [-0.2, -0.15) is 0 Å². The van der Waals surface area contributed by atoms with E-state index in [1.807, 2.05) is 69.4 Å². The van der Waals surface area contributed by atoms with Crippen molar-refractivity contribution in [3.05, 3.63) is 102 Å². The third-order valence-corrected chi connectivity index (χ3v) is 6.32. The maximum atomic E-state index is 12.9. The molecule has 5 rings (SSSR count). The topological polar surface area (TPSA) is 78.5 Å². The first-order valence-corrected chi connectivity index (χ1v) is 12.4. The molecule has 4 aromatic rings. The van der Waals surface area contributed by atoms with Gasteiger partial charge in [-0.3, -0.25) is 4.99 Å². The number of fused-ring (bicyclic) bond motifs is 2. The number of aliphatic imine (C=N–C) groups is 1. The van der Waals surface area contributed by atoms with Crippen LogP contribution in [0.2, 0.25) is 0 Å². The Hall–Kier alpha value is -4.06. The third kappa shape index (κ3) is 5.28. The number of alkyl carbamates (subject to hydrolysis) is 1. The Balaban J connectivity index is 1.50. The van der Waals surface area contributed by atoms with E-state index in [9.17, 15) is 4.79 Å². The van der Waals surface area contributed by atoms with Crippen LogP contribution in [0.15, 0.2) is 90.1 Å². The highest BCUT2D eigenvalue weighted by atomic mass is 16.6. The van der Waals surface area contributed by atoms with E-state index < -0.39 is 11.7 Å². The number of ether oxygens (including phenoxy) is 1. The molecule has 0 radical (unpaired) electrons. The van der Waals surface area contributed by atoms with Crippen LogP contribution >= 0.6 is 0 Å². The van der Waals surface area contributed by atoms with Crippen molar-refractivity contribution in [3.63, 3.8) is 0 Å². The van der Waals surface area contributed by atoms with E-state index in [0.29, 0.717) is 13.0 Å². The number of aromatic nitrogens is 1. The van der Waals surface area contributed by atoms with Crippen LogP contribution in [0.4, 0.5) is 10.5 Å². The van der Waals surface area contributed by atoms with E-state index in [-0.39, 0.29) is 12.1 Å². The molecule has 6 nitrogen and oxygen atoms in total. The number of para-hydroxylation sites is 2. The molecule has 2 atom stereocenters. The van der Waals surface area contributed by atoms with Gasteiger partial charge in [0.05, 0.1) is 24.3 Å². The van der Waals surface area contributed by atoms with Crippen LogP contribution in [0, 0.1) is 0 Å². The van der Waals surface area contributed by atoms with E-state index in [1.54, 1.807) is 0 Å². The molecule has 0 saturated heterocycles. The van der Waals surface area contributed by atoms with E-state index in [1.165, 1.54) is 0 Å². The number of amides is 1. The maximum Gasteiger partial charge on any atom is 0.407 e. The van der Waals surface area contributed by atoms with Crippen molar-refractivity contribution in [3.8, 4) is 0 Å². The van der Waals surface area contributed by atoms with Gasteiger partial charge in [0.15, 0.2) is 0 Å². The molecule has 3 N–H and O–H groups in total. The number of aromatic amines is 1. The van der Waals surface area contributed by atoms with Crippen molar-refractivity contribution in [2.75, 3.05) is 11.9 Å². The molecule has 3 aromatic carbocycles. The maximum absolute atomic E-state index is 12.9. The predicted octanol–water partition coefficient (Wildman–Crippen LogP) is 5.94. The highest BCUT2D eigenvalue weighted by Gasteiger charge is 2.29. The van der Waals surface area contributed by atoms with Crippen molar-refractivity contribution in [1.82, 2.24) is 10.3 Å². The largest absolute Gasteiger partial charge is 0.444 e. The minimum atomic E-state index is -0.586. The number of carbonyl (C=O) groups excluding carboxylic acids is 1. The van der Waals surface area contributed by atoms with E-state index in [0.717, 1.165) is 39.0 Å². The van der Waals surface area contributed by atoms with Crippen LogP contribution in [0.25, 0.3) is 10.9 Å². The van der Waals surface area contributed by atoms with Gasteiger partial charge >= 0.3 is 6.09 Å². The lowest BCUT2D eigenvalue weighted by Crippen LogP contribution is -2.50. The second-order valence-corrected chi connectivity index (χ2v) is 10.2. The fourth-order valence-corrected chi connectivity index (χ4v) is 4.70. The predicted molar refractivity (Wildman–Crippen MR) is 146 cm³/mol. The van der Waals surface area contributed by atoms with Gasteiger partial charge in [0.1, 0.15) is 5.60 Å². The smallest absolute Gasteiger partial charge is 0.407 e. The SMILES string of the molecule is CC(C)(C)OC(=O)N[C@@H](Cc1c[nH]c2ccccc12)[C@H]1CN=C(c2ccccc2)c2ccccc2N1. The lowest BCUT2D eigenvalue weighted by Gasteiger charge is -2.29. The molecule has 1 aliphatic rings. The summed E-state index contributed by atoms with van der Waals surface area (Å²) in [6.07, 6.45) is 2.22. The third-order valence-electron chi connectivity index (χ3n) is 6.32. The highest BCUT2D eigenvalue weighted by molar-refractivity contribution is 6.16. The summed E-state index contributed by atoms with van der Waals surface area (Å²) in [5, 5.41) is 7.99. The fraction of sp³-hybridized carbons (Fsp3) is 0.267. The van der Waals surface area contributed by atoms with Crippen LogP contribution in [0.5, 0.6) is 0 Å². The van der Waals surface area contributed by atoms with E-state index >= 15 is 0 Å². The van der Waals surface area contributed by atoms with Crippen LogP contribution in [0.3, 0.4) is 0 Å². The van der Waals surface area contributed by atoms with Crippen molar-refractivity contribution in [2.24, 2.45) is 4.99 Å². The van der Waals surface area contributed by atoms with E-state index in [2.05, 4.69) is 52.0 Å². The van der Waals surface area contributed by atoms with Gasteiger partial charge in [-0.15, -0.1) is 0 Å². The summed E-state index contributed by atoms with van der Waals surface area (Å²) in [6.45, 7) is 6.12. The van der Waals surface area contributed by atoms with Crippen molar-refractivity contribution < 1.29 is 9.53 Å². The zero-order valence-corrected chi connectivity index (χ0v) is 20.9. The standard InChI is InChI=1S/C30H32N4O2/c1-30(2,3)36-29(35)34-26(17-21-18-31-24-15-9-7-13-22(21)24)27-19-32-28(20-11-5-4-6-12-20)23-14-8-10-16-25(23)33-27/h4-16,18,26-27,31,33H,17,19H2,1-3H3,(H,34,35)/t26-,27+/m0/s1. The summed E-state index contributed by atoms with van der Waals surface area (Å²) in [7, 11) is 0. The quantitative estimate of drug-likeness (QED) is 0.331. The van der Waals surface area contributed by atoms with Gasteiger partial charge in [-0.1, -0.05) is 66.7 Å². The second-order valence-electron chi connectivity index (χ2n) is 10.2. The molecule has 0 saturated carbocycles. The van der Waals surface area contributed by atoms with Crippen molar-refractivity contribution in [2.45, 2.75) is 44.9 Å². The number of hydrogen-bond acceptors (Lipinski definition) is 4. The molecule has 1 amide bonds. The first-order chi connectivity index (χ1) is 17.4. The lowest BCUT2D eigenvalue weighted by molar-refractivity contribution is 0.0499. The summed E-state index contributed by atoms with van der Waals surface area (Å²) in [5.74, 6) is 0. The molecule has 184 valence electrons. The Labute approximate surface area is 211 Å². The number of nitrogens with zero attached hydrogens (tertiary/aromatic N) is 1. The van der Waals surface area contributed by atoms with Gasteiger partial charge in [-0.05, 0) is 44.9 Å². The molecule has 1 aromatic heterocycles. The molecular formula is C30H32N4O2. The zero-order chi connectivity index (χ0) is 25.1. The molecule has 6 heteroatoms. The molecule has 0 unspecified atom stereocenters. The molecular weight excluding hydrogens is 448 g/mol. The average Bonchev–Trinajstić information content (AvgIpc) is 3.15. The fourth-order valence-electron chi connectivity index (χ4n) is 4.70. The minimum absolute atomic E-state index is 0.145. The average molecular weight is 481 g/mol. The van der Waals surface area contributed by atoms with Gasteiger partial charge in [0.25, 0.3) is 0 Å². The summed E-state index contributed by atoms with van der Waals surface area (Å²) >= 11 is 0. The Morgan fingerprint density at radius 3 is 2.56 bits per heavy atom. The van der Waals surface area contributed by atoms with Gasteiger partial charge in [-0.25, -0.2) is 4.79 Å². The number of nitrogens with one attached hydrogen (secondary N) is 3. The van der Waals surface area contributed by atoms with Crippen LogP contribution < -0.4 is 10.6 Å². The highest BCUT2D eigenvalue weighted by Crippen LogP contribution is 2.26. The molecule has 0 fully saturated rings. The monoisotopic (exact) mass is 480 g/mol. The first kappa shape index (κ1) is 23.7. The molecule has 2 heterocycles. The number of rotatable bonds is 5. The Morgan fingerprint density at radius 2 is 1.75 bits per heavy atom. The Bertz CT molecular complexity index is 1380. The number of carbonyl (C=O) groups is 1. The molecule has 0 aliphatic carbocycles. The van der Waals surface area contributed by atoms with Crippen LogP contribution in [0.1, 0.15) is 37.5 Å². The van der Waals surface area contributed by atoms with E-state index in [4.69, 9.17) is 9.73 Å². The number of benzodiazepines with no additional fused rings is 1. The summed E-state index contributed by atoms with van der Waals surface area (Å²) in [6, 6.07) is 26.3. The number of hydrogen-bond donors (Lipinski definition) is 3. The Kier molecular flexibility index (Phi) is 6.51. The number of anilines is 1. The van der Waals surface area contributed by atoms with Gasteiger partial charge < -0.3 is 20.4 Å². The number of benzene rings is 3. The van der Waals surface area contributed by atoms with Crippen LogP contribution in [-0.2, 0) is 11.2 Å². The minimum Gasteiger partial charge on any atom is -0.444 e. The Morgan fingerprint density at radius 1 is 1.03 bits per heavy atom. The summed E-state index contributed by atoms with van der Waals surface area (Å²) < 4.78 is 5.64. The van der Waals surface area contributed by atoms with Gasteiger partial charge in [0.2, 0.25) is 0 Å². The zero-order valence-electron chi connectivity index (χ0n) is 20.9. The summed E-state index contributed by atoms with van der Waals surface area (Å²) in [5.41, 5.74) is 5.69. The molecule has 0 spiro atoms. The van der Waals surface area contributed by atoms with Gasteiger partial charge in [0, 0.05) is 33.9 Å². The molecule has 1 aliphatic heterocycles. The second kappa shape index (κ2) is 9.90. The van der Waals surface area contributed by atoms with Crippen molar-refractivity contribution in [1.29, 1.82) is 0 Å². The number of H-pyrrole nitrogens is 1. The summed E-state index contributed by atoms with van der Waals surface area (Å²) in [4.78, 5) is 21.3. The molecule has 36 heavy (non-hydrogen) atoms. The lowest BCUT2D eigenvalue weighted by atomic mass is 9.98. The van der Waals surface area contributed by atoms with Crippen molar-refractivity contribution >= 4 is 28.4 Å².